The highest BCUT2D eigenvalue weighted by Gasteiger charge is 2.11. The minimum absolute atomic E-state index is 0.241. The standard InChI is InChI=1S/C22H36ClN3O/c1-4-6-8-10-14-26(15-11-9-7-5-2)21-13-12-19(17-20(21)23)25-22(27)16-18(3)24/h12-13,16-17H,4-11,14-15,24H2,1-3H3,(H,25,27)/b18-16+. The SMILES string of the molecule is CCCCCCN(CCCCCC)c1ccc(NC(=O)/C=C(\C)N)cc1Cl. The first-order chi connectivity index (χ1) is 13.0. The van der Waals surface area contributed by atoms with Gasteiger partial charge in [-0.05, 0) is 38.0 Å². The number of carbonyl (C=O) groups is 1. The second-order valence-corrected chi connectivity index (χ2v) is 7.56. The van der Waals surface area contributed by atoms with Gasteiger partial charge in [-0.1, -0.05) is 64.0 Å². The van der Waals surface area contributed by atoms with E-state index < -0.39 is 0 Å². The number of amides is 1. The second kappa shape index (κ2) is 13.5. The molecule has 0 aromatic heterocycles. The summed E-state index contributed by atoms with van der Waals surface area (Å²) in [6.45, 7) is 8.19. The Bertz CT molecular complexity index is 585. The molecule has 3 N–H and O–H groups in total. The monoisotopic (exact) mass is 393 g/mol. The number of nitrogens with two attached hydrogens (primary N) is 1. The van der Waals surface area contributed by atoms with Gasteiger partial charge in [0.25, 0.3) is 0 Å². The van der Waals surface area contributed by atoms with Crippen molar-refractivity contribution in [2.45, 2.75) is 72.1 Å². The Morgan fingerprint density at radius 3 is 2.15 bits per heavy atom. The number of rotatable bonds is 13. The zero-order chi connectivity index (χ0) is 20.1. The third-order valence-electron chi connectivity index (χ3n) is 4.48. The van der Waals surface area contributed by atoms with Crippen LogP contribution in [0.3, 0.4) is 0 Å². The Kier molecular flexibility index (Phi) is 11.7. The van der Waals surface area contributed by atoms with Crippen LogP contribution in [0.25, 0.3) is 0 Å². The molecule has 5 heteroatoms. The molecule has 27 heavy (non-hydrogen) atoms. The Morgan fingerprint density at radius 2 is 1.67 bits per heavy atom. The van der Waals surface area contributed by atoms with Crippen LogP contribution in [0, 0.1) is 0 Å². The number of allylic oxidation sites excluding steroid dienone is 1. The molecule has 0 saturated carbocycles. The molecule has 1 aromatic carbocycles. The highest BCUT2D eigenvalue weighted by atomic mass is 35.5. The maximum Gasteiger partial charge on any atom is 0.250 e. The van der Waals surface area contributed by atoms with Gasteiger partial charge in [-0.15, -0.1) is 0 Å². The minimum atomic E-state index is -0.241. The van der Waals surface area contributed by atoms with Crippen molar-refractivity contribution >= 4 is 28.9 Å². The van der Waals surface area contributed by atoms with E-state index in [-0.39, 0.29) is 5.91 Å². The van der Waals surface area contributed by atoms with Crippen LogP contribution in [-0.4, -0.2) is 19.0 Å². The Hall–Kier alpha value is -1.68. The molecule has 1 aromatic rings. The molecule has 0 radical (unpaired) electrons. The fraction of sp³-hybridized carbons (Fsp3) is 0.591. The molecular formula is C22H36ClN3O. The second-order valence-electron chi connectivity index (χ2n) is 7.15. The molecule has 0 fully saturated rings. The van der Waals surface area contributed by atoms with E-state index in [1.54, 1.807) is 6.92 Å². The fourth-order valence-electron chi connectivity index (χ4n) is 3.04. The van der Waals surface area contributed by atoms with Crippen molar-refractivity contribution in [2.75, 3.05) is 23.3 Å². The predicted molar refractivity (Wildman–Crippen MR) is 119 cm³/mol. The van der Waals surface area contributed by atoms with Gasteiger partial charge in [0.15, 0.2) is 0 Å². The van der Waals surface area contributed by atoms with Crippen molar-refractivity contribution in [1.82, 2.24) is 0 Å². The molecule has 0 aliphatic heterocycles. The first-order valence-corrected chi connectivity index (χ1v) is 10.6. The van der Waals surface area contributed by atoms with Crippen LogP contribution < -0.4 is 16.0 Å². The van der Waals surface area contributed by atoms with Gasteiger partial charge in [0.05, 0.1) is 10.7 Å². The largest absolute Gasteiger partial charge is 0.402 e. The molecule has 0 aliphatic carbocycles. The van der Waals surface area contributed by atoms with Crippen molar-refractivity contribution in [1.29, 1.82) is 0 Å². The number of nitrogens with one attached hydrogen (secondary N) is 1. The number of hydrogen-bond donors (Lipinski definition) is 2. The first-order valence-electron chi connectivity index (χ1n) is 10.3. The highest BCUT2D eigenvalue weighted by molar-refractivity contribution is 6.33. The van der Waals surface area contributed by atoms with E-state index in [2.05, 4.69) is 24.1 Å². The zero-order valence-corrected chi connectivity index (χ0v) is 17.9. The summed E-state index contributed by atoms with van der Waals surface area (Å²) in [6, 6.07) is 5.74. The van der Waals surface area contributed by atoms with E-state index in [0.29, 0.717) is 16.4 Å². The third kappa shape index (κ3) is 9.71. The number of carbonyl (C=O) groups excluding carboxylic acids is 1. The summed E-state index contributed by atoms with van der Waals surface area (Å²) < 4.78 is 0. The quantitative estimate of drug-likeness (QED) is 0.314. The van der Waals surface area contributed by atoms with E-state index in [0.717, 1.165) is 18.8 Å². The number of benzene rings is 1. The molecule has 0 heterocycles. The topological polar surface area (TPSA) is 58.4 Å². The van der Waals surface area contributed by atoms with Crippen molar-refractivity contribution in [3.05, 3.63) is 35.0 Å². The first kappa shape index (κ1) is 23.4. The Labute approximate surface area is 170 Å². The van der Waals surface area contributed by atoms with E-state index in [4.69, 9.17) is 17.3 Å². The van der Waals surface area contributed by atoms with Gasteiger partial charge in [0.1, 0.15) is 0 Å². The molecule has 0 unspecified atom stereocenters. The summed E-state index contributed by atoms with van der Waals surface area (Å²) in [6.07, 6.45) is 11.2. The van der Waals surface area contributed by atoms with Gasteiger partial charge in [-0.3, -0.25) is 4.79 Å². The minimum Gasteiger partial charge on any atom is -0.402 e. The number of unbranched alkanes of at least 4 members (excludes halogenated alkanes) is 6. The van der Waals surface area contributed by atoms with E-state index in [1.807, 2.05) is 18.2 Å². The van der Waals surface area contributed by atoms with Crippen LogP contribution in [0.4, 0.5) is 11.4 Å². The Balaban J connectivity index is 2.79. The Morgan fingerprint density at radius 1 is 1.07 bits per heavy atom. The number of halogens is 1. The molecule has 0 spiro atoms. The van der Waals surface area contributed by atoms with Crippen molar-refractivity contribution in [3.8, 4) is 0 Å². The van der Waals surface area contributed by atoms with Gasteiger partial charge >= 0.3 is 0 Å². The fourth-order valence-corrected chi connectivity index (χ4v) is 3.34. The molecule has 0 saturated heterocycles. The lowest BCUT2D eigenvalue weighted by molar-refractivity contribution is -0.111. The van der Waals surface area contributed by atoms with Crippen molar-refractivity contribution in [2.24, 2.45) is 5.73 Å². The molecule has 152 valence electrons. The van der Waals surface area contributed by atoms with Gasteiger partial charge in [-0.25, -0.2) is 0 Å². The molecule has 0 atom stereocenters. The molecule has 4 nitrogen and oxygen atoms in total. The van der Waals surface area contributed by atoms with Gasteiger partial charge < -0.3 is 16.0 Å². The molecule has 0 aliphatic rings. The maximum absolute atomic E-state index is 11.8. The zero-order valence-electron chi connectivity index (χ0n) is 17.2. The average Bonchev–Trinajstić information content (AvgIpc) is 2.60. The van der Waals surface area contributed by atoms with E-state index in [9.17, 15) is 4.79 Å². The van der Waals surface area contributed by atoms with Gasteiger partial charge in [0, 0.05) is 30.5 Å². The summed E-state index contributed by atoms with van der Waals surface area (Å²) in [5.41, 5.74) is 7.75. The lowest BCUT2D eigenvalue weighted by Crippen LogP contribution is -2.26. The van der Waals surface area contributed by atoms with Crippen molar-refractivity contribution in [3.63, 3.8) is 0 Å². The lowest BCUT2D eigenvalue weighted by Gasteiger charge is -2.26. The summed E-state index contributed by atoms with van der Waals surface area (Å²) in [5.74, 6) is -0.241. The normalized spacial score (nSPS) is 11.5. The highest BCUT2D eigenvalue weighted by Crippen LogP contribution is 2.30. The molecular weight excluding hydrogens is 358 g/mol. The summed E-state index contributed by atoms with van der Waals surface area (Å²) >= 11 is 6.56. The third-order valence-corrected chi connectivity index (χ3v) is 4.78. The predicted octanol–water partition coefficient (Wildman–Crippen LogP) is 6.11. The van der Waals surface area contributed by atoms with E-state index in [1.165, 1.54) is 57.4 Å². The number of nitrogens with zero attached hydrogens (tertiary/aromatic N) is 1. The smallest absolute Gasteiger partial charge is 0.250 e. The van der Waals surface area contributed by atoms with Crippen molar-refractivity contribution < 1.29 is 4.79 Å². The van der Waals surface area contributed by atoms with E-state index >= 15 is 0 Å². The van der Waals surface area contributed by atoms with Crippen LogP contribution in [0.15, 0.2) is 30.0 Å². The maximum atomic E-state index is 11.8. The summed E-state index contributed by atoms with van der Waals surface area (Å²) in [5, 5.41) is 3.48. The van der Waals surface area contributed by atoms with Gasteiger partial charge in [-0.2, -0.15) is 0 Å². The lowest BCUT2D eigenvalue weighted by atomic mass is 10.1. The molecule has 1 rings (SSSR count). The number of anilines is 2. The van der Waals surface area contributed by atoms with Crippen LogP contribution in [0.5, 0.6) is 0 Å². The van der Waals surface area contributed by atoms with Crippen LogP contribution in [-0.2, 0) is 4.79 Å². The average molecular weight is 394 g/mol. The summed E-state index contributed by atoms with van der Waals surface area (Å²) in [7, 11) is 0. The summed E-state index contributed by atoms with van der Waals surface area (Å²) in [4.78, 5) is 14.2. The van der Waals surface area contributed by atoms with Gasteiger partial charge in [0.2, 0.25) is 5.91 Å². The molecule has 1 amide bonds. The molecule has 0 bridgehead atoms. The van der Waals surface area contributed by atoms with Crippen LogP contribution in [0.1, 0.15) is 72.1 Å². The van der Waals surface area contributed by atoms with Crippen LogP contribution >= 0.6 is 11.6 Å². The van der Waals surface area contributed by atoms with Crippen LogP contribution in [0.2, 0.25) is 5.02 Å². The number of hydrogen-bond acceptors (Lipinski definition) is 3.